The number of unbranched alkanes of at least 4 members (excludes halogenated alkanes) is 1. The lowest BCUT2D eigenvalue weighted by molar-refractivity contribution is -0.116. The second kappa shape index (κ2) is 10.3. The van der Waals surface area contributed by atoms with Gasteiger partial charge in [0.05, 0.1) is 12.3 Å². The lowest BCUT2D eigenvalue weighted by Crippen LogP contribution is -2.41. The molecule has 0 aliphatic heterocycles. The van der Waals surface area contributed by atoms with Gasteiger partial charge < -0.3 is 5.73 Å². The number of carbonyl (C=O) groups is 1. The van der Waals surface area contributed by atoms with Crippen molar-refractivity contribution in [3.63, 3.8) is 0 Å². The topological polar surface area (TPSA) is 144 Å². The van der Waals surface area contributed by atoms with E-state index in [-0.39, 0.29) is 29.7 Å². The number of aromatic nitrogens is 6. The van der Waals surface area contributed by atoms with Crippen molar-refractivity contribution in [2.75, 3.05) is 16.4 Å². The highest BCUT2D eigenvalue weighted by atomic mass is 32.2. The molecule has 3 N–H and O–H groups in total. The van der Waals surface area contributed by atoms with Crippen molar-refractivity contribution in [3.05, 3.63) is 75.2 Å². The van der Waals surface area contributed by atoms with Crippen LogP contribution in [-0.4, -0.2) is 40.8 Å². The van der Waals surface area contributed by atoms with Crippen molar-refractivity contribution in [1.29, 1.82) is 0 Å². The molecule has 12 heteroatoms. The van der Waals surface area contributed by atoms with E-state index in [1.807, 2.05) is 37.3 Å². The molecule has 0 atom stereocenters. The standard InChI is InChI=1S/C22H24N8O3S/c1-2-3-11-28-18(23)17(19(32)25-22(28)33)29(13-15-8-5-4-6-9-15)16(31)14-34-21-26-20-24-10-7-12-30(20)27-21/h4-10,12H,2-3,11,13-14,23H2,1H3,(H,25,32,33). The van der Waals surface area contributed by atoms with Gasteiger partial charge in [0.2, 0.25) is 11.1 Å². The quantitative estimate of drug-likeness (QED) is 0.344. The largest absolute Gasteiger partial charge is 0.383 e. The van der Waals surface area contributed by atoms with Gasteiger partial charge in [-0.05, 0) is 18.1 Å². The second-order valence-corrected chi connectivity index (χ2v) is 8.45. The number of thioether (sulfide) groups is 1. The van der Waals surface area contributed by atoms with Crippen molar-refractivity contribution in [3.8, 4) is 0 Å². The molecule has 0 radical (unpaired) electrons. The zero-order valence-corrected chi connectivity index (χ0v) is 19.4. The normalized spacial score (nSPS) is 11.1. The number of benzene rings is 1. The van der Waals surface area contributed by atoms with Gasteiger partial charge >= 0.3 is 5.69 Å². The molecule has 11 nitrogen and oxygen atoms in total. The molecular formula is C22H24N8O3S. The summed E-state index contributed by atoms with van der Waals surface area (Å²) in [6.07, 6.45) is 4.85. The van der Waals surface area contributed by atoms with Gasteiger partial charge in [-0.1, -0.05) is 55.4 Å². The number of nitrogens with two attached hydrogens (primary N) is 1. The van der Waals surface area contributed by atoms with Crippen LogP contribution < -0.4 is 21.9 Å². The molecule has 0 bridgehead atoms. The van der Waals surface area contributed by atoms with Crippen molar-refractivity contribution >= 4 is 35.0 Å². The minimum atomic E-state index is -0.709. The van der Waals surface area contributed by atoms with Crippen LogP contribution in [0.1, 0.15) is 25.3 Å². The van der Waals surface area contributed by atoms with Crippen LogP contribution in [0.25, 0.3) is 5.78 Å². The number of fused-ring (bicyclic) bond motifs is 1. The van der Waals surface area contributed by atoms with Crippen molar-refractivity contribution in [1.82, 2.24) is 29.1 Å². The fourth-order valence-corrected chi connectivity index (χ4v) is 4.11. The predicted molar refractivity (Wildman–Crippen MR) is 130 cm³/mol. The first kappa shape index (κ1) is 23.2. The zero-order valence-electron chi connectivity index (χ0n) is 18.5. The Kier molecular flexibility index (Phi) is 7.07. The number of carbonyl (C=O) groups excluding carboxylic acids is 1. The van der Waals surface area contributed by atoms with Gasteiger partial charge in [0.25, 0.3) is 11.3 Å². The summed E-state index contributed by atoms with van der Waals surface area (Å²) in [5.41, 5.74) is 5.74. The van der Waals surface area contributed by atoms with Gasteiger partial charge in [0.15, 0.2) is 5.69 Å². The van der Waals surface area contributed by atoms with Gasteiger partial charge in [-0.2, -0.15) is 4.98 Å². The zero-order chi connectivity index (χ0) is 24.1. The summed E-state index contributed by atoms with van der Waals surface area (Å²) >= 11 is 1.12. The second-order valence-electron chi connectivity index (χ2n) is 7.51. The van der Waals surface area contributed by atoms with Crippen LogP contribution >= 0.6 is 11.8 Å². The average molecular weight is 481 g/mol. The van der Waals surface area contributed by atoms with E-state index in [2.05, 4.69) is 20.1 Å². The lowest BCUT2D eigenvalue weighted by atomic mass is 10.2. The summed E-state index contributed by atoms with van der Waals surface area (Å²) in [5.74, 6) is -0.0381. The molecule has 0 aliphatic rings. The Morgan fingerprint density at radius 1 is 1.21 bits per heavy atom. The Labute approximate surface area is 198 Å². The Hall–Kier alpha value is -3.93. The molecular weight excluding hydrogens is 456 g/mol. The number of nitrogen functional groups attached to an aromatic ring is 1. The third-order valence-corrected chi connectivity index (χ3v) is 5.95. The van der Waals surface area contributed by atoms with Crippen LogP contribution in [0, 0.1) is 0 Å². The molecule has 3 aromatic heterocycles. The first-order chi connectivity index (χ1) is 16.5. The number of rotatable bonds is 9. The van der Waals surface area contributed by atoms with Crippen LogP contribution in [0.15, 0.2) is 63.5 Å². The van der Waals surface area contributed by atoms with E-state index in [4.69, 9.17) is 5.73 Å². The molecule has 0 aliphatic carbocycles. The summed E-state index contributed by atoms with van der Waals surface area (Å²) in [7, 11) is 0. The maximum atomic E-state index is 13.4. The fourth-order valence-electron chi connectivity index (χ4n) is 3.41. The number of anilines is 2. The van der Waals surface area contributed by atoms with Crippen molar-refractivity contribution in [2.45, 2.75) is 38.0 Å². The van der Waals surface area contributed by atoms with E-state index in [9.17, 15) is 14.4 Å². The third kappa shape index (κ3) is 5.01. The van der Waals surface area contributed by atoms with E-state index in [1.165, 1.54) is 14.0 Å². The van der Waals surface area contributed by atoms with Crippen molar-refractivity contribution in [2.24, 2.45) is 0 Å². The summed E-state index contributed by atoms with van der Waals surface area (Å²) in [6, 6.07) is 11.0. The molecule has 176 valence electrons. The minimum Gasteiger partial charge on any atom is -0.383 e. The van der Waals surface area contributed by atoms with E-state index in [1.54, 1.807) is 18.5 Å². The van der Waals surface area contributed by atoms with Gasteiger partial charge in [0.1, 0.15) is 5.82 Å². The molecule has 0 saturated heterocycles. The molecule has 1 aromatic carbocycles. The minimum absolute atomic E-state index is 0.0356. The number of hydrogen-bond donors (Lipinski definition) is 2. The average Bonchev–Trinajstić information content (AvgIpc) is 3.25. The van der Waals surface area contributed by atoms with E-state index in [0.717, 1.165) is 23.7 Å². The van der Waals surface area contributed by atoms with Crippen LogP contribution in [0.5, 0.6) is 0 Å². The molecule has 0 spiro atoms. The van der Waals surface area contributed by atoms with E-state index < -0.39 is 11.2 Å². The number of amides is 1. The summed E-state index contributed by atoms with van der Waals surface area (Å²) in [4.78, 5) is 50.6. The number of nitrogens with zero attached hydrogens (tertiary/aromatic N) is 6. The number of hydrogen-bond acceptors (Lipinski definition) is 8. The first-order valence-electron chi connectivity index (χ1n) is 10.7. The molecule has 0 fully saturated rings. The van der Waals surface area contributed by atoms with Crippen LogP contribution in [0.4, 0.5) is 11.5 Å². The first-order valence-corrected chi connectivity index (χ1v) is 11.7. The van der Waals surface area contributed by atoms with E-state index >= 15 is 0 Å². The van der Waals surface area contributed by atoms with Gasteiger partial charge in [-0.3, -0.25) is 24.0 Å². The Morgan fingerprint density at radius 2 is 2.00 bits per heavy atom. The van der Waals surface area contributed by atoms with Gasteiger partial charge in [-0.15, -0.1) is 5.10 Å². The lowest BCUT2D eigenvalue weighted by Gasteiger charge is -2.24. The molecule has 4 aromatic rings. The maximum absolute atomic E-state index is 13.4. The molecule has 0 saturated carbocycles. The van der Waals surface area contributed by atoms with Gasteiger partial charge in [-0.25, -0.2) is 14.3 Å². The Morgan fingerprint density at radius 3 is 2.74 bits per heavy atom. The maximum Gasteiger partial charge on any atom is 0.330 e. The summed E-state index contributed by atoms with van der Waals surface area (Å²) in [5, 5.41) is 4.67. The number of H-pyrrole nitrogens is 1. The highest BCUT2D eigenvalue weighted by molar-refractivity contribution is 7.99. The Balaban J connectivity index is 1.67. The molecule has 0 unspecified atom stereocenters. The molecule has 3 heterocycles. The molecule has 4 rings (SSSR count). The predicted octanol–water partition coefficient (Wildman–Crippen LogP) is 1.68. The van der Waals surface area contributed by atoms with Crippen LogP contribution in [0.3, 0.4) is 0 Å². The Bertz CT molecular complexity index is 1380. The molecule has 1 amide bonds. The summed E-state index contributed by atoms with van der Waals surface area (Å²) in [6.45, 7) is 2.43. The molecule has 34 heavy (non-hydrogen) atoms. The van der Waals surface area contributed by atoms with Crippen LogP contribution in [0.2, 0.25) is 0 Å². The number of aromatic amines is 1. The third-order valence-electron chi connectivity index (χ3n) is 5.13. The van der Waals surface area contributed by atoms with Gasteiger partial charge in [0, 0.05) is 18.9 Å². The fraction of sp³-hybridized carbons (Fsp3) is 0.273. The highest BCUT2D eigenvalue weighted by Crippen LogP contribution is 2.22. The van der Waals surface area contributed by atoms with E-state index in [0.29, 0.717) is 23.9 Å². The van der Waals surface area contributed by atoms with Crippen LogP contribution in [-0.2, 0) is 17.9 Å². The van der Waals surface area contributed by atoms with Crippen molar-refractivity contribution < 1.29 is 4.79 Å². The summed E-state index contributed by atoms with van der Waals surface area (Å²) < 4.78 is 2.81. The monoisotopic (exact) mass is 480 g/mol. The highest BCUT2D eigenvalue weighted by Gasteiger charge is 2.25. The SMILES string of the molecule is CCCCn1c(N)c(N(Cc2ccccc2)C(=O)CSc2nc3ncccn3n2)c(=O)[nH]c1=O. The smallest absolute Gasteiger partial charge is 0.330 e. The number of nitrogens with one attached hydrogen (secondary N) is 1.